The number of amides is 1. The fraction of sp³-hybridized carbons (Fsp3) is 0.381. The summed E-state index contributed by atoms with van der Waals surface area (Å²) in [7, 11) is 1.02. The molecule has 158 valence electrons. The maximum Gasteiger partial charge on any atom is 0.258 e. The second kappa shape index (κ2) is 10.3. The van der Waals surface area contributed by atoms with E-state index in [9.17, 15) is 9.00 Å². The van der Waals surface area contributed by atoms with Gasteiger partial charge in [-0.05, 0) is 40.8 Å². The molecule has 0 heterocycles. The summed E-state index contributed by atoms with van der Waals surface area (Å²) in [6, 6.07) is 12.9. The number of rotatable bonds is 8. The van der Waals surface area contributed by atoms with E-state index in [0.29, 0.717) is 23.7 Å². The lowest BCUT2D eigenvalue weighted by atomic mass is 9.87. The highest BCUT2D eigenvalue weighted by molar-refractivity contribution is 7.69. The van der Waals surface area contributed by atoms with Crippen molar-refractivity contribution in [2.45, 2.75) is 32.7 Å². The van der Waals surface area contributed by atoms with Gasteiger partial charge in [-0.1, -0.05) is 49.8 Å². The van der Waals surface area contributed by atoms with Crippen molar-refractivity contribution >= 4 is 22.5 Å². The quantitative estimate of drug-likeness (QED) is 0.653. The molecule has 0 spiro atoms. The van der Waals surface area contributed by atoms with Crippen LogP contribution in [0.5, 0.6) is 11.5 Å². The second-order valence-corrected chi connectivity index (χ2v) is 8.27. The van der Waals surface area contributed by atoms with Gasteiger partial charge in [0.25, 0.3) is 5.91 Å². The molecule has 0 aliphatic carbocycles. The van der Waals surface area contributed by atoms with E-state index in [4.69, 9.17) is 9.47 Å². The number of ether oxygens (including phenoxy) is 2. The molecule has 29 heavy (non-hydrogen) atoms. The lowest BCUT2D eigenvalue weighted by Crippen LogP contribution is -2.28. The first-order valence-corrected chi connectivity index (χ1v) is 10.1. The van der Waals surface area contributed by atoms with Gasteiger partial charge >= 0.3 is 0 Å². The molecule has 2 aromatic rings. The third kappa shape index (κ3) is 7.07. The standard InChI is InChI=1S/C21H27N2O5S/c1-21(2,3)16-7-9-17(10-8-16)28-14-20(24)22-13-15-6-11-18(19(12-15)26-4)23-29(25)27-5/h6-12H,13-14H2,1-5H3,(H,22,24)/q-1. The maximum atomic E-state index is 12.1. The highest BCUT2D eigenvalue weighted by Crippen LogP contribution is 2.28. The number of hydrogen-bond donors (Lipinski definition) is 1. The van der Waals surface area contributed by atoms with E-state index in [2.05, 4.69) is 34.6 Å². The molecule has 1 amide bonds. The zero-order chi connectivity index (χ0) is 21.4. The summed E-state index contributed by atoms with van der Waals surface area (Å²) in [6.07, 6.45) is 0. The summed E-state index contributed by atoms with van der Waals surface area (Å²) in [4.78, 5) is 12.1. The average molecular weight is 420 g/mol. The molecule has 0 saturated carbocycles. The first kappa shape index (κ1) is 22.7. The van der Waals surface area contributed by atoms with Crippen molar-refractivity contribution in [3.8, 4) is 11.5 Å². The molecule has 1 N–H and O–H groups in total. The van der Waals surface area contributed by atoms with Crippen molar-refractivity contribution in [1.29, 1.82) is 0 Å². The molecule has 0 aromatic heterocycles. The van der Waals surface area contributed by atoms with Gasteiger partial charge in [0.1, 0.15) is 11.5 Å². The van der Waals surface area contributed by atoms with Crippen LogP contribution in [0.15, 0.2) is 46.8 Å². The van der Waals surface area contributed by atoms with E-state index in [1.54, 1.807) is 18.2 Å². The molecule has 0 radical (unpaired) electrons. The Morgan fingerprint density at radius 2 is 1.79 bits per heavy atom. The smallest absolute Gasteiger partial charge is 0.258 e. The van der Waals surface area contributed by atoms with Crippen molar-refractivity contribution in [3.63, 3.8) is 0 Å². The predicted octanol–water partition coefficient (Wildman–Crippen LogP) is 4.03. The van der Waals surface area contributed by atoms with E-state index in [-0.39, 0.29) is 17.9 Å². The maximum absolute atomic E-state index is 12.1. The minimum Gasteiger partial charge on any atom is -0.495 e. The zero-order valence-corrected chi connectivity index (χ0v) is 18.2. The van der Waals surface area contributed by atoms with Gasteiger partial charge in [-0.15, -0.1) is 0 Å². The summed E-state index contributed by atoms with van der Waals surface area (Å²) < 4.78 is 30.7. The Morgan fingerprint density at radius 3 is 2.38 bits per heavy atom. The van der Waals surface area contributed by atoms with Gasteiger partial charge in [-0.3, -0.25) is 4.79 Å². The van der Waals surface area contributed by atoms with Crippen LogP contribution in [0.25, 0.3) is 0 Å². The van der Waals surface area contributed by atoms with E-state index < -0.39 is 10.9 Å². The number of carbonyl (C=O) groups is 1. The molecule has 0 saturated heterocycles. The van der Waals surface area contributed by atoms with Crippen molar-refractivity contribution < 1.29 is 22.7 Å². The average Bonchev–Trinajstić information content (AvgIpc) is 2.70. The van der Waals surface area contributed by atoms with E-state index in [1.165, 1.54) is 19.8 Å². The minimum absolute atomic E-state index is 0.0678. The summed E-state index contributed by atoms with van der Waals surface area (Å²) in [5.41, 5.74) is 2.49. The number of benzene rings is 2. The Labute approximate surface area is 173 Å². The number of methoxy groups -OCH3 is 1. The molecule has 0 aliphatic rings. The third-order valence-electron chi connectivity index (χ3n) is 4.14. The van der Waals surface area contributed by atoms with Crippen LogP contribution in [0.4, 0.5) is 5.69 Å². The number of nitrogens with zero attached hydrogens (tertiary/aromatic N) is 1. The second-order valence-electron chi connectivity index (χ2n) is 7.32. The molecule has 0 aliphatic heterocycles. The van der Waals surface area contributed by atoms with Crippen molar-refractivity contribution in [2.24, 2.45) is 4.36 Å². The number of nitrogens with one attached hydrogen (secondary N) is 1. The largest absolute Gasteiger partial charge is 0.495 e. The van der Waals surface area contributed by atoms with Gasteiger partial charge in [0.2, 0.25) is 0 Å². The number of hydrogen-bond acceptors (Lipinski definition) is 7. The normalized spacial score (nSPS) is 12.4. The van der Waals surface area contributed by atoms with Crippen LogP contribution in [0.2, 0.25) is 0 Å². The molecule has 0 bridgehead atoms. The molecule has 2 rings (SSSR count). The molecular formula is C21H27N2O5S-. The minimum atomic E-state index is -1.78. The highest BCUT2D eigenvalue weighted by atomic mass is 32.2. The fourth-order valence-electron chi connectivity index (χ4n) is 2.48. The monoisotopic (exact) mass is 419 g/mol. The van der Waals surface area contributed by atoms with Crippen molar-refractivity contribution in [1.82, 2.24) is 5.32 Å². The Morgan fingerprint density at radius 1 is 1.10 bits per heavy atom. The molecule has 0 fully saturated rings. The SMILES string of the molecule is COc1cc(CNC(=O)COc2ccc(C(C)(C)C)cc2)ccc1N=[S-](=O)OC. The molecular weight excluding hydrogens is 392 g/mol. The van der Waals surface area contributed by atoms with E-state index in [0.717, 1.165) is 5.56 Å². The summed E-state index contributed by atoms with van der Waals surface area (Å²) >= 11 is 0. The topological polar surface area (TPSA) is 86.2 Å². The lowest BCUT2D eigenvalue weighted by molar-refractivity contribution is -0.123. The van der Waals surface area contributed by atoms with Crippen LogP contribution in [-0.2, 0) is 36.0 Å². The van der Waals surface area contributed by atoms with Crippen LogP contribution >= 0.6 is 0 Å². The molecule has 0 unspecified atom stereocenters. The van der Waals surface area contributed by atoms with Gasteiger partial charge in [-0.25, -0.2) is 0 Å². The van der Waals surface area contributed by atoms with Crippen LogP contribution < -0.4 is 14.8 Å². The van der Waals surface area contributed by atoms with Crippen LogP contribution in [-0.4, -0.2) is 26.7 Å². The van der Waals surface area contributed by atoms with Crippen molar-refractivity contribution in [3.05, 3.63) is 53.6 Å². The molecule has 7 nitrogen and oxygen atoms in total. The van der Waals surface area contributed by atoms with Crippen molar-refractivity contribution in [2.75, 3.05) is 20.8 Å². The van der Waals surface area contributed by atoms with Gasteiger partial charge in [0.15, 0.2) is 6.61 Å². The number of carbonyl (C=O) groups excluding carboxylic acids is 1. The lowest BCUT2D eigenvalue weighted by Gasteiger charge is -2.19. The fourth-order valence-corrected chi connectivity index (χ4v) is 2.86. The summed E-state index contributed by atoms with van der Waals surface area (Å²) in [6.45, 7) is 6.65. The third-order valence-corrected chi connectivity index (χ3v) is 4.77. The summed E-state index contributed by atoms with van der Waals surface area (Å²) in [5, 5.41) is 2.79. The van der Waals surface area contributed by atoms with E-state index in [1.807, 2.05) is 24.3 Å². The Hall–Kier alpha value is -2.58. The zero-order valence-electron chi connectivity index (χ0n) is 17.4. The van der Waals surface area contributed by atoms with Gasteiger partial charge in [0.05, 0.1) is 12.8 Å². The molecule has 2 aromatic carbocycles. The van der Waals surface area contributed by atoms with Gasteiger partial charge in [-0.2, -0.15) is 0 Å². The van der Waals surface area contributed by atoms with E-state index >= 15 is 0 Å². The summed E-state index contributed by atoms with van der Waals surface area (Å²) in [5.74, 6) is 0.849. The molecule has 8 heteroatoms. The van der Waals surface area contributed by atoms with Crippen LogP contribution in [0.3, 0.4) is 0 Å². The first-order chi connectivity index (χ1) is 13.7. The first-order valence-electron chi connectivity index (χ1n) is 9.08. The molecule has 0 atom stereocenters. The Balaban J connectivity index is 1.89. The van der Waals surface area contributed by atoms with Crippen LogP contribution in [0.1, 0.15) is 31.9 Å². The van der Waals surface area contributed by atoms with Crippen LogP contribution in [0, 0.1) is 0 Å². The van der Waals surface area contributed by atoms with Gasteiger partial charge < -0.3 is 27.5 Å². The Kier molecular flexibility index (Phi) is 8.04. The highest BCUT2D eigenvalue weighted by Gasteiger charge is 2.13. The Bertz CT molecular complexity index is 914. The predicted molar refractivity (Wildman–Crippen MR) is 113 cm³/mol. The van der Waals surface area contributed by atoms with Gasteiger partial charge in [0, 0.05) is 13.7 Å².